The molecule has 2 nitrogen and oxygen atoms in total. The monoisotopic (exact) mass is 234 g/mol. The van der Waals surface area contributed by atoms with Crippen molar-refractivity contribution in [3.8, 4) is 0 Å². The molecular weight excluding hydrogens is 208 g/mol. The molecule has 96 valence electrons. The Morgan fingerprint density at radius 1 is 1.12 bits per heavy atom. The third-order valence-electron chi connectivity index (χ3n) is 3.20. The lowest BCUT2D eigenvalue weighted by Crippen LogP contribution is -2.37. The van der Waals surface area contributed by atoms with Crippen molar-refractivity contribution in [2.75, 3.05) is 20.6 Å². The number of aryl methyl sites for hydroxylation is 2. The molecule has 2 heteroatoms. The molecule has 0 aliphatic rings. The summed E-state index contributed by atoms with van der Waals surface area (Å²) >= 11 is 0. The first-order valence-corrected chi connectivity index (χ1v) is 6.38. The Labute approximate surface area is 106 Å². The van der Waals surface area contributed by atoms with Gasteiger partial charge in [-0.25, -0.2) is 0 Å². The van der Waals surface area contributed by atoms with Crippen LogP contribution < -0.4 is 5.32 Å². The van der Waals surface area contributed by atoms with Gasteiger partial charge in [-0.05, 0) is 58.5 Å². The fraction of sp³-hybridized carbons (Fsp3) is 0.600. The third-order valence-corrected chi connectivity index (χ3v) is 3.20. The zero-order valence-electron chi connectivity index (χ0n) is 12.0. The molecular formula is C15H26N2. The molecule has 17 heavy (non-hydrogen) atoms. The fourth-order valence-corrected chi connectivity index (χ4v) is 2.16. The van der Waals surface area contributed by atoms with Crippen molar-refractivity contribution in [3.63, 3.8) is 0 Å². The maximum atomic E-state index is 3.63. The molecule has 0 heterocycles. The molecule has 1 aromatic rings. The quantitative estimate of drug-likeness (QED) is 0.842. The maximum absolute atomic E-state index is 3.63. The van der Waals surface area contributed by atoms with Crippen LogP contribution in [-0.4, -0.2) is 31.6 Å². The van der Waals surface area contributed by atoms with Gasteiger partial charge in [-0.15, -0.1) is 0 Å². The van der Waals surface area contributed by atoms with Gasteiger partial charge in [0.1, 0.15) is 0 Å². The Kier molecular flexibility index (Phi) is 5.16. The van der Waals surface area contributed by atoms with E-state index in [0.29, 0.717) is 12.1 Å². The SMILES string of the molecule is Cc1ccc(C(C)NC(C)CN(C)C)cc1C. The molecule has 2 atom stereocenters. The van der Waals surface area contributed by atoms with Gasteiger partial charge in [-0.1, -0.05) is 18.2 Å². The van der Waals surface area contributed by atoms with Gasteiger partial charge >= 0.3 is 0 Å². The van der Waals surface area contributed by atoms with E-state index in [1.54, 1.807) is 0 Å². The highest BCUT2D eigenvalue weighted by atomic mass is 15.1. The minimum Gasteiger partial charge on any atom is -0.308 e. The van der Waals surface area contributed by atoms with Crippen LogP contribution in [0.3, 0.4) is 0 Å². The van der Waals surface area contributed by atoms with E-state index in [1.165, 1.54) is 16.7 Å². The molecule has 1 aromatic carbocycles. The van der Waals surface area contributed by atoms with Crippen LogP contribution in [0.4, 0.5) is 0 Å². The zero-order valence-corrected chi connectivity index (χ0v) is 12.0. The fourth-order valence-electron chi connectivity index (χ4n) is 2.16. The van der Waals surface area contributed by atoms with E-state index >= 15 is 0 Å². The predicted molar refractivity (Wildman–Crippen MR) is 75.5 cm³/mol. The average Bonchev–Trinajstić information content (AvgIpc) is 2.20. The third kappa shape index (κ3) is 4.49. The molecule has 1 rings (SSSR count). The van der Waals surface area contributed by atoms with E-state index < -0.39 is 0 Å². The van der Waals surface area contributed by atoms with Crippen molar-refractivity contribution in [3.05, 3.63) is 34.9 Å². The van der Waals surface area contributed by atoms with Crippen LogP contribution in [0.2, 0.25) is 0 Å². The van der Waals surface area contributed by atoms with Crippen LogP contribution in [0.15, 0.2) is 18.2 Å². The van der Waals surface area contributed by atoms with Crippen LogP contribution in [-0.2, 0) is 0 Å². The molecule has 2 unspecified atom stereocenters. The Morgan fingerprint density at radius 2 is 1.76 bits per heavy atom. The molecule has 0 spiro atoms. The summed E-state index contributed by atoms with van der Waals surface area (Å²) in [6.45, 7) is 9.86. The lowest BCUT2D eigenvalue weighted by atomic mass is 10.0. The van der Waals surface area contributed by atoms with Gasteiger partial charge in [0.15, 0.2) is 0 Å². The van der Waals surface area contributed by atoms with Crippen LogP contribution in [0.25, 0.3) is 0 Å². The topological polar surface area (TPSA) is 15.3 Å². The first-order chi connectivity index (χ1) is 7.90. The number of hydrogen-bond acceptors (Lipinski definition) is 2. The van der Waals surface area contributed by atoms with E-state index in [9.17, 15) is 0 Å². The number of benzene rings is 1. The number of nitrogens with one attached hydrogen (secondary N) is 1. The summed E-state index contributed by atoms with van der Waals surface area (Å²) in [5.41, 5.74) is 4.11. The Morgan fingerprint density at radius 3 is 2.29 bits per heavy atom. The van der Waals surface area contributed by atoms with Crippen molar-refractivity contribution >= 4 is 0 Å². The highest BCUT2D eigenvalue weighted by molar-refractivity contribution is 5.31. The number of hydrogen-bond donors (Lipinski definition) is 1. The maximum Gasteiger partial charge on any atom is 0.0294 e. The summed E-state index contributed by atoms with van der Waals surface area (Å²) in [6, 6.07) is 7.63. The number of likely N-dealkylation sites (N-methyl/N-ethyl adjacent to an activating group) is 1. The number of rotatable bonds is 5. The van der Waals surface area contributed by atoms with Crippen LogP contribution >= 0.6 is 0 Å². The van der Waals surface area contributed by atoms with Gasteiger partial charge in [0.05, 0.1) is 0 Å². The summed E-state index contributed by atoms with van der Waals surface area (Å²) in [5, 5.41) is 3.63. The second kappa shape index (κ2) is 6.18. The van der Waals surface area contributed by atoms with Gasteiger partial charge in [0.25, 0.3) is 0 Å². The van der Waals surface area contributed by atoms with Gasteiger partial charge in [0.2, 0.25) is 0 Å². The Hall–Kier alpha value is -0.860. The number of nitrogens with zero attached hydrogens (tertiary/aromatic N) is 1. The van der Waals surface area contributed by atoms with Gasteiger partial charge < -0.3 is 10.2 Å². The minimum atomic E-state index is 0.407. The highest BCUT2D eigenvalue weighted by Gasteiger charge is 2.10. The summed E-state index contributed by atoms with van der Waals surface area (Å²) in [4.78, 5) is 2.21. The first kappa shape index (κ1) is 14.2. The smallest absolute Gasteiger partial charge is 0.0294 e. The van der Waals surface area contributed by atoms with Crippen molar-refractivity contribution in [1.29, 1.82) is 0 Å². The average molecular weight is 234 g/mol. The second-order valence-electron chi connectivity index (χ2n) is 5.40. The van der Waals surface area contributed by atoms with Crippen LogP contribution in [0, 0.1) is 13.8 Å². The summed E-state index contributed by atoms with van der Waals surface area (Å²) < 4.78 is 0. The van der Waals surface area contributed by atoms with E-state index in [4.69, 9.17) is 0 Å². The van der Waals surface area contributed by atoms with Gasteiger partial charge in [0, 0.05) is 18.6 Å². The molecule has 0 saturated carbocycles. The largest absolute Gasteiger partial charge is 0.308 e. The minimum absolute atomic E-state index is 0.407. The van der Waals surface area contributed by atoms with Crippen molar-refractivity contribution in [2.45, 2.75) is 39.8 Å². The van der Waals surface area contributed by atoms with E-state index in [2.05, 4.69) is 70.2 Å². The van der Waals surface area contributed by atoms with E-state index in [1.807, 2.05) is 0 Å². The molecule has 0 aliphatic carbocycles. The van der Waals surface area contributed by atoms with E-state index in [-0.39, 0.29) is 0 Å². The van der Waals surface area contributed by atoms with Crippen LogP contribution in [0.1, 0.15) is 36.6 Å². The molecule has 0 aliphatic heterocycles. The molecule has 0 aromatic heterocycles. The molecule has 0 fully saturated rings. The van der Waals surface area contributed by atoms with Crippen molar-refractivity contribution < 1.29 is 0 Å². The summed E-state index contributed by atoms with van der Waals surface area (Å²) in [6.07, 6.45) is 0. The molecule has 0 amide bonds. The Bertz CT molecular complexity index is 358. The highest BCUT2D eigenvalue weighted by Crippen LogP contribution is 2.17. The predicted octanol–water partition coefficient (Wildman–Crippen LogP) is 2.90. The first-order valence-electron chi connectivity index (χ1n) is 6.38. The lowest BCUT2D eigenvalue weighted by Gasteiger charge is -2.23. The normalized spacial score (nSPS) is 15.0. The van der Waals surface area contributed by atoms with Crippen molar-refractivity contribution in [2.24, 2.45) is 0 Å². The second-order valence-corrected chi connectivity index (χ2v) is 5.40. The summed E-state index contributed by atoms with van der Waals surface area (Å²) in [5.74, 6) is 0. The van der Waals surface area contributed by atoms with Crippen molar-refractivity contribution in [1.82, 2.24) is 10.2 Å². The van der Waals surface area contributed by atoms with Gasteiger partial charge in [-0.2, -0.15) is 0 Å². The Balaban J connectivity index is 2.63. The van der Waals surface area contributed by atoms with Gasteiger partial charge in [-0.3, -0.25) is 0 Å². The van der Waals surface area contributed by atoms with E-state index in [0.717, 1.165) is 6.54 Å². The van der Waals surface area contributed by atoms with Crippen LogP contribution in [0.5, 0.6) is 0 Å². The summed E-state index contributed by atoms with van der Waals surface area (Å²) in [7, 11) is 4.22. The zero-order chi connectivity index (χ0) is 13.0. The molecule has 0 bridgehead atoms. The lowest BCUT2D eigenvalue weighted by molar-refractivity contribution is 0.334. The molecule has 0 saturated heterocycles. The molecule has 1 N–H and O–H groups in total. The molecule has 0 radical (unpaired) electrons. The standard InChI is InChI=1S/C15H26N2/c1-11-7-8-15(9-12(11)2)14(4)16-13(3)10-17(5)6/h7-9,13-14,16H,10H2,1-6H3.